The second-order valence-corrected chi connectivity index (χ2v) is 5.34. The number of rotatable bonds is 2. The predicted octanol–water partition coefficient (Wildman–Crippen LogP) is 3.93. The molecule has 1 N–H and O–H groups in total. The molecular formula is C16H14ClNO. The number of nitrogens with one attached hydrogen (secondary N) is 1. The van der Waals surface area contributed by atoms with Crippen LogP contribution in [0, 0.1) is 6.92 Å². The molecule has 0 saturated carbocycles. The van der Waals surface area contributed by atoms with Gasteiger partial charge in [0.25, 0.3) is 0 Å². The van der Waals surface area contributed by atoms with Crippen LogP contribution in [0.2, 0.25) is 5.02 Å². The minimum Gasteiger partial charge on any atom is -0.325 e. The molecule has 1 amide bonds. The minimum absolute atomic E-state index is 0.0560. The second kappa shape index (κ2) is 4.71. The van der Waals surface area contributed by atoms with E-state index in [4.69, 9.17) is 11.6 Å². The number of halogens is 1. The summed E-state index contributed by atoms with van der Waals surface area (Å²) in [5.41, 5.74) is 4.32. The first-order chi connectivity index (χ1) is 9.15. The summed E-state index contributed by atoms with van der Waals surface area (Å²) in [6, 6.07) is 13.8. The molecule has 0 saturated heterocycles. The molecule has 0 fully saturated rings. The van der Waals surface area contributed by atoms with Crippen molar-refractivity contribution in [1.29, 1.82) is 0 Å². The van der Waals surface area contributed by atoms with Crippen LogP contribution < -0.4 is 5.32 Å². The molecule has 0 aliphatic carbocycles. The Morgan fingerprint density at radius 1 is 1.21 bits per heavy atom. The van der Waals surface area contributed by atoms with E-state index >= 15 is 0 Å². The van der Waals surface area contributed by atoms with Crippen molar-refractivity contribution < 1.29 is 4.79 Å². The molecule has 96 valence electrons. The van der Waals surface area contributed by atoms with Crippen LogP contribution in [0.4, 0.5) is 5.69 Å². The van der Waals surface area contributed by atoms with Gasteiger partial charge in [0.1, 0.15) is 0 Å². The molecule has 0 spiro atoms. The van der Waals surface area contributed by atoms with Crippen LogP contribution in [0.15, 0.2) is 42.5 Å². The van der Waals surface area contributed by atoms with Gasteiger partial charge in [0, 0.05) is 10.7 Å². The summed E-state index contributed by atoms with van der Waals surface area (Å²) in [6.07, 6.45) is 0.729. The van der Waals surface area contributed by atoms with Crippen LogP contribution in [-0.4, -0.2) is 5.91 Å². The SMILES string of the molecule is Cc1ccccc1CC1C(=O)Nc2cc(Cl)ccc21. The van der Waals surface area contributed by atoms with Crippen molar-refractivity contribution in [2.75, 3.05) is 5.32 Å². The molecule has 0 radical (unpaired) electrons. The van der Waals surface area contributed by atoms with E-state index in [0.29, 0.717) is 5.02 Å². The van der Waals surface area contributed by atoms with E-state index in [1.54, 1.807) is 0 Å². The van der Waals surface area contributed by atoms with E-state index in [0.717, 1.165) is 17.7 Å². The van der Waals surface area contributed by atoms with Gasteiger partial charge in [-0.15, -0.1) is 0 Å². The number of aryl methyl sites for hydroxylation is 1. The van der Waals surface area contributed by atoms with Crippen molar-refractivity contribution in [1.82, 2.24) is 0 Å². The highest BCUT2D eigenvalue weighted by Gasteiger charge is 2.30. The number of hydrogen-bond donors (Lipinski definition) is 1. The van der Waals surface area contributed by atoms with Gasteiger partial charge in [-0.1, -0.05) is 41.9 Å². The second-order valence-electron chi connectivity index (χ2n) is 4.90. The molecule has 1 heterocycles. The molecule has 3 heteroatoms. The zero-order valence-electron chi connectivity index (χ0n) is 10.6. The van der Waals surface area contributed by atoms with Gasteiger partial charge in [-0.25, -0.2) is 0 Å². The Hall–Kier alpha value is -1.80. The first kappa shape index (κ1) is 12.2. The van der Waals surface area contributed by atoms with Crippen molar-refractivity contribution >= 4 is 23.2 Å². The van der Waals surface area contributed by atoms with E-state index < -0.39 is 0 Å². The van der Waals surface area contributed by atoms with E-state index in [9.17, 15) is 4.79 Å². The van der Waals surface area contributed by atoms with Crippen LogP contribution in [0.25, 0.3) is 0 Å². The van der Waals surface area contributed by atoms with Gasteiger partial charge < -0.3 is 5.32 Å². The Kier molecular flexibility index (Phi) is 3.03. The minimum atomic E-state index is -0.117. The third-order valence-corrected chi connectivity index (χ3v) is 3.89. The zero-order chi connectivity index (χ0) is 13.4. The molecule has 1 atom stereocenters. The molecular weight excluding hydrogens is 258 g/mol. The number of carbonyl (C=O) groups is 1. The summed E-state index contributed by atoms with van der Waals surface area (Å²) >= 11 is 5.95. The molecule has 0 aromatic heterocycles. The summed E-state index contributed by atoms with van der Waals surface area (Å²) in [5, 5.41) is 3.55. The monoisotopic (exact) mass is 271 g/mol. The zero-order valence-corrected chi connectivity index (χ0v) is 11.4. The number of amides is 1. The summed E-state index contributed by atoms with van der Waals surface area (Å²) in [5.74, 6) is -0.0612. The average Bonchev–Trinajstić information content (AvgIpc) is 2.68. The molecule has 1 aliphatic rings. The molecule has 2 nitrogen and oxygen atoms in total. The van der Waals surface area contributed by atoms with Crippen LogP contribution in [0.5, 0.6) is 0 Å². The van der Waals surface area contributed by atoms with Crippen molar-refractivity contribution in [2.45, 2.75) is 19.3 Å². The summed E-state index contributed by atoms with van der Waals surface area (Å²) in [6.45, 7) is 2.07. The molecule has 2 aromatic rings. The van der Waals surface area contributed by atoms with Crippen molar-refractivity contribution in [3.8, 4) is 0 Å². The molecule has 2 aromatic carbocycles. The van der Waals surface area contributed by atoms with Crippen LogP contribution in [0.1, 0.15) is 22.6 Å². The third-order valence-electron chi connectivity index (χ3n) is 3.65. The largest absolute Gasteiger partial charge is 0.325 e. The third kappa shape index (κ3) is 2.24. The number of anilines is 1. The highest BCUT2D eigenvalue weighted by Crippen LogP contribution is 2.36. The number of carbonyl (C=O) groups excluding carboxylic acids is 1. The summed E-state index contributed by atoms with van der Waals surface area (Å²) in [4.78, 5) is 12.1. The van der Waals surface area contributed by atoms with Gasteiger partial charge in [-0.05, 0) is 42.2 Å². The molecule has 1 aliphatic heterocycles. The fourth-order valence-electron chi connectivity index (χ4n) is 2.56. The highest BCUT2D eigenvalue weighted by atomic mass is 35.5. The topological polar surface area (TPSA) is 29.1 Å². The van der Waals surface area contributed by atoms with Gasteiger partial charge in [0.2, 0.25) is 5.91 Å². The Morgan fingerprint density at radius 2 is 2.00 bits per heavy atom. The summed E-state index contributed by atoms with van der Waals surface area (Å²) < 4.78 is 0. The maximum atomic E-state index is 12.1. The Balaban J connectivity index is 1.95. The Labute approximate surface area is 117 Å². The van der Waals surface area contributed by atoms with Gasteiger partial charge in [-0.3, -0.25) is 4.79 Å². The average molecular weight is 272 g/mol. The molecule has 0 bridgehead atoms. The van der Waals surface area contributed by atoms with Gasteiger partial charge in [-0.2, -0.15) is 0 Å². The normalized spacial score (nSPS) is 17.2. The number of hydrogen-bond acceptors (Lipinski definition) is 1. The number of fused-ring (bicyclic) bond motifs is 1. The fourth-order valence-corrected chi connectivity index (χ4v) is 2.74. The Morgan fingerprint density at radius 3 is 2.79 bits per heavy atom. The van der Waals surface area contributed by atoms with Crippen LogP contribution >= 0.6 is 11.6 Å². The summed E-state index contributed by atoms with van der Waals surface area (Å²) in [7, 11) is 0. The fraction of sp³-hybridized carbons (Fsp3) is 0.188. The maximum absolute atomic E-state index is 12.1. The predicted molar refractivity (Wildman–Crippen MR) is 77.7 cm³/mol. The van der Waals surface area contributed by atoms with E-state index in [-0.39, 0.29) is 11.8 Å². The highest BCUT2D eigenvalue weighted by molar-refractivity contribution is 6.31. The van der Waals surface area contributed by atoms with Crippen LogP contribution in [-0.2, 0) is 11.2 Å². The quantitative estimate of drug-likeness (QED) is 0.881. The first-order valence-electron chi connectivity index (χ1n) is 6.30. The van der Waals surface area contributed by atoms with Crippen molar-refractivity contribution in [3.05, 3.63) is 64.2 Å². The van der Waals surface area contributed by atoms with Gasteiger partial charge in [0.05, 0.1) is 5.92 Å². The van der Waals surface area contributed by atoms with E-state index in [1.807, 2.05) is 30.3 Å². The maximum Gasteiger partial charge on any atom is 0.232 e. The van der Waals surface area contributed by atoms with Crippen molar-refractivity contribution in [2.24, 2.45) is 0 Å². The van der Waals surface area contributed by atoms with E-state index in [1.165, 1.54) is 11.1 Å². The molecule has 3 rings (SSSR count). The lowest BCUT2D eigenvalue weighted by molar-refractivity contribution is -0.117. The van der Waals surface area contributed by atoms with Crippen LogP contribution in [0.3, 0.4) is 0 Å². The molecule has 1 unspecified atom stereocenters. The van der Waals surface area contributed by atoms with Gasteiger partial charge >= 0.3 is 0 Å². The standard InChI is InChI=1S/C16H14ClNO/c1-10-4-2-3-5-11(10)8-14-13-7-6-12(17)9-15(13)18-16(14)19/h2-7,9,14H,8H2,1H3,(H,18,19). The lowest BCUT2D eigenvalue weighted by atomic mass is 9.91. The molecule has 19 heavy (non-hydrogen) atoms. The van der Waals surface area contributed by atoms with E-state index in [2.05, 4.69) is 24.4 Å². The smallest absolute Gasteiger partial charge is 0.232 e. The lowest BCUT2D eigenvalue weighted by Crippen LogP contribution is -2.14. The Bertz CT molecular complexity index is 651. The van der Waals surface area contributed by atoms with Crippen molar-refractivity contribution in [3.63, 3.8) is 0 Å². The van der Waals surface area contributed by atoms with Gasteiger partial charge in [0.15, 0.2) is 0 Å². The lowest BCUT2D eigenvalue weighted by Gasteiger charge is -2.11. The number of benzene rings is 2. The first-order valence-corrected chi connectivity index (χ1v) is 6.68.